The van der Waals surface area contributed by atoms with Crippen LogP contribution in [0.4, 0.5) is 0 Å². The standard InChI is InChI=1S/C16H35N3/c1-13-11-19(12-15(13)18(6)7)14(2)9-8-10-17-16(3,4)5/h13-15,17H,8-12H2,1-7H3. The number of nitrogens with one attached hydrogen (secondary N) is 1. The van der Waals surface area contributed by atoms with Crippen molar-refractivity contribution in [2.24, 2.45) is 5.92 Å². The topological polar surface area (TPSA) is 18.5 Å². The zero-order valence-electron chi connectivity index (χ0n) is 14.2. The molecule has 3 heteroatoms. The van der Waals surface area contributed by atoms with Crippen molar-refractivity contribution in [3.05, 3.63) is 0 Å². The van der Waals surface area contributed by atoms with Gasteiger partial charge in [-0.2, -0.15) is 0 Å². The minimum Gasteiger partial charge on any atom is -0.312 e. The zero-order valence-corrected chi connectivity index (χ0v) is 14.2. The third kappa shape index (κ3) is 5.80. The number of likely N-dealkylation sites (tertiary alicyclic amines) is 1. The van der Waals surface area contributed by atoms with Gasteiger partial charge in [0.05, 0.1) is 0 Å². The van der Waals surface area contributed by atoms with Crippen LogP contribution in [0.3, 0.4) is 0 Å². The summed E-state index contributed by atoms with van der Waals surface area (Å²) in [6, 6.07) is 1.45. The van der Waals surface area contributed by atoms with Gasteiger partial charge in [0.1, 0.15) is 0 Å². The Hall–Kier alpha value is -0.120. The molecular weight excluding hydrogens is 234 g/mol. The molecule has 3 nitrogen and oxygen atoms in total. The first-order valence-electron chi connectivity index (χ1n) is 7.86. The van der Waals surface area contributed by atoms with Crippen LogP contribution >= 0.6 is 0 Å². The maximum Gasteiger partial charge on any atom is 0.0254 e. The Morgan fingerprint density at radius 3 is 2.37 bits per heavy atom. The molecule has 19 heavy (non-hydrogen) atoms. The molecule has 1 aliphatic rings. The Morgan fingerprint density at radius 2 is 1.89 bits per heavy atom. The van der Waals surface area contributed by atoms with Crippen LogP contribution in [0.5, 0.6) is 0 Å². The lowest BCUT2D eigenvalue weighted by molar-refractivity contribution is 0.214. The number of hydrogen-bond acceptors (Lipinski definition) is 3. The lowest BCUT2D eigenvalue weighted by atomic mass is 10.1. The van der Waals surface area contributed by atoms with Crippen LogP contribution < -0.4 is 5.32 Å². The predicted octanol–water partition coefficient (Wildman–Crippen LogP) is 2.43. The minimum atomic E-state index is 0.251. The van der Waals surface area contributed by atoms with Gasteiger partial charge in [0.15, 0.2) is 0 Å². The van der Waals surface area contributed by atoms with Crippen molar-refractivity contribution in [3.63, 3.8) is 0 Å². The highest BCUT2D eigenvalue weighted by molar-refractivity contribution is 4.88. The molecule has 0 bridgehead atoms. The summed E-state index contributed by atoms with van der Waals surface area (Å²) in [4.78, 5) is 5.06. The fourth-order valence-corrected chi connectivity index (χ4v) is 3.06. The van der Waals surface area contributed by atoms with E-state index < -0.39 is 0 Å². The fourth-order valence-electron chi connectivity index (χ4n) is 3.06. The third-order valence-electron chi connectivity index (χ3n) is 4.34. The van der Waals surface area contributed by atoms with Crippen molar-refractivity contribution in [3.8, 4) is 0 Å². The van der Waals surface area contributed by atoms with Crippen LogP contribution in [-0.4, -0.2) is 61.2 Å². The Kier molecular flexibility index (Phi) is 6.28. The third-order valence-corrected chi connectivity index (χ3v) is 4.34. The van der Waals surface area contributed by atoms with Gasteiger partial charge in [-0.15, -0.1) is 0 Å². The van der Waals surface area contributed by atoms with E-state index in [1.807, 2.05) is 0 Å². The quantitative estimate of drug-likeness (QED) is 0.747. The van der Waals surface area contributed by atoms with Crippen molar-refractivity contribution in [1.29, 1.82) is 0 Å². The van der Waals surface area contributed by atoms with Gasteiger partial charge < -0.3 is 10.2 Å². The van der Waals surface area contributed by atoms with E-state index in [1.54, 1.807) is 0 Å². The van der Waals surface area contributed by atoms with Crippen LogP contribution in [0.2, 0.25) is 0 Å². The molecule has 0 saturated carbocycles. The van der Waals surface area contributed by atoms with Gasteiger partial charge in [-0.25, -0.2) is 0 Å². The second kappa shape index (κ2) is 7.05. The summed E-state index contributed by atoms with van der Waals surface area (Å²) in [6.07, 6.45) is 2.58. The first kappa shape index (κ1) is 16.9. The SMILES string of the molecule is CC1CN(C(C)CCCNC(C)(C)C)CC1N(C)C. The first-order valence-corrected chi connectivity index (χ1v) is 7.86. The van der Waals surface area contributed by atoms with Crippen LogP contribution in [0.15, 0.2) is 0 Å². The van der Waals surface area contributed by atoms with E-state index in [2.05, 4.69) is 63.8 Å². The minimum absolute atomic E-state index is 0.251. The largest absolute Gasteiger partial charge is 0.312 e. The van der Waals surface area contributed by atoms with Crippen molar-refractivity contribution >= 4 is 0 Å². The normalized spacial score (nSPS) is 27.2. The summed E-state index contributed by atoms with van der Waals surface area (Å²) >= 11 is 0. The Morgan fingerprint density at radius 1 is 1.26 bits per heavy atom. The highest BCUT2D eigenvalue weighted by Gasteiger charge is 2.32. The number of likely N-dealkylation sites (N-methyl/N-ethyl adjacent to an activating group) is 1. The average Bonchev–Trinajstić information content (AvgIpc) is 2.65. The van der Waals surface area contributed by atoms with Crippen LogP contribution in [0, 0.1) is 5.92 Å². The van der Waals surface area contributed by atoms with E-state index >= 15 is 0 Å². The smallest absolute Gasteiger partial charge is 0.0254 e. The van der Waals surface area contributed by atoms with Crippen LogP contribution in [-0.2, 0) is 0 Å². The zero-order chi connectivity index (χ0) is 14.6. The highest BCUT2D eigenvalue weighted by atomic mass is 15.3. The summed E-state index contributed by atoms with van der Waals surface area (Å²) in [5, 5.41) is 3.58. The fraction of sp³-hybridized carbons (Fsp3) is 1.00. The van der Waals surface area contributed by atoms with E-state index in [4.69, 9.17) is 0 Å². The molecule has 114 valence electrons. The molecule has 0 aromatic rings. The Labute approximate surface area is 120 Å². The second-order valence-corrected chi connectivity index (χ2v) is 7.63. The van der Waals surface area contributed by atoms with E-state index in [9.17, 15) is 0 Å². The molecule has 0 radical (unpaired) electrons. The summed E-state index contributed by atoms with van der Waals surface area (Å²) in [5.74, 6) is 0.796. The second-order valence-electron chi connectivity index (χ2n) is 7.63. The van der Waals surface area contributed by atoms with Crippen molar-refractivity contribution < 1.29 is 0 Å². The molecule has 1 N–H and O–H groups in total. The number of rotatable bonds is 6. The number of nitrogens with zero attached hydrogens (tertiary/aromatic N) is 2. The maximum atomic E-state index is 3.58. The van der Waals surface area contributed by atoms with Gasteiger partial charge >= 0.3 is 0 Å². The molecule has 1 aliphatic heterocycles. The molecule has 0 aromatic carbocycles. The van der Waals surface area contributed by atoms with Crippen LogP contribution in [0.25, 0.3) is 0 Å². The monoisotopic (exact) mass is 269 g/mol. The highest BCUT2D eigenvalue weighted by Crippen LogP contribution is 2.23. The molecule has 1 saturated heterocycles. The molecule has 0 amide bonds. The molecule has 3 atom stereocenters. The molecule has 1 rings (SSSR count). The van der Waals surface area contributed by atoms with E-state index in [0.717, 1.165) is 18.5 Å². The first-order chi connectivity index (χ1) is 8.70. The van der Waals surface area contributed by atoms with Gasteiger partial charge in [0.2, 0.25) is 0 Å². The van der Waals surface area contributed by atoms with Gasteiger partial charge in [-0.3, -0.25) is 4.90 Å². The summed E-state index contributed by atoms with van der Waals surface area (Å²) in [5.41, 5.74) is 0.251. The van der Waals surface area contributed by atoms with E-state index in [-0.39, 0.29) is 5.54 Å². The lowest BCUT2D eigenvalue weighted by Gasteiger charge is -2.26. The van der Waals surface area contributed by atoms with E-state index in [0.29, 0.717) is 6.04 Å². The molecule has 1 fully saturated rings. The van der Waals surface area contributed by atoms with Gasteiger partial charge in [-0.05, 0) is 67.1 Å². The molecule has 1 heterocycles. The summed E-state index contributed by atoms with van der Waals surface area (Å²) in [7, 11) is 4.42. The summed E-state index contributed by atoms with van der Waals surface area (Å²) in [6.45, 7) is 15.1. The predicted molar refractivity (Wildman–Crippen MR) is 84.7 cm³/mol. The molecule has 3 unspecified atom stereocenters. The average molecular weight is 269 g/mol. The van der Waals surface area contributed by atoms with E-state index in [1.165, 1.54) is 25.9 Å². The Bertz CT molecular complexity index is 257. The van der Waals surface area contributed by atoms with Gasteiger partial charge in [0.25, 0.3) is 0 Å². The van der Waals surface area contributed by atoms with Crippen molar-refractivity contribution in [1.82, 2.24) is 15.1 Å². The molecule has 0 spiro atoms. The Balaban J connectivity index is 2.26. The summed E-state index contributed by atoms with van der Waals surface area (Å²) < 4.78 is 0. The van der Waals surface area contributed by atoms with Crippen molar-refractivity contribution in [2.45, 2.75) is 65.1 Å². The molecule has 0 aliphatic carbocycles. The van der Waals surface area contributed by atoms with Crippen molar-refractivity contribution in [2.75, 3.05) is 33.7 Å². The van der Waals surface area contributed by atoms with Gasteiger partial charge in [-0.1, -0.05) is 6.92 Å². The van der Waals surface area contributed by atoms with Gasteiger partial charge in [0, 0.05) is 30.7 Å². The molecular formula is C16H35N3. The number of hydrogen-bond donors (Lipinski definition) is 1. The lowest BCUT2D eigenvalue weighted by Crippen LogP contribution is -2.38. The molecule has 0 aromatic heterocycles. The van der Waals surface area contributed by atoms with Crippen LogP contribution in [0.1, 0.15) is 47.5 Å². The maximum absolute atomic E-state index is 3.58.